The maximum Gasteiger partial charge on any atom is 0.244 e. The SMILES string of the molecule is CCC1CC(=O)NC2CC(NC(=O)/C=C\c3ccc4c(c3)OCO4)CCC12. The third-order valence-corrected chi connectivity index (χ3v) is 6.00. The van der Waals surface area contributed by atoms with Crippen LogP contribution in [-0.2, 0) is 9.59 Å². The molecule has 2 fully saturated rings. The molecule has 2 heterocycles. The normalized spacial score (nSPS) is 29.3. The first kappa shape index (κ1) is 17.9. The van der Waals surface area contributed by atoms with E-state index in [-0.39, 0.29) is 30.7 Å². The molecule has 2 N–H and O–H groups in total. The van der Waals surface area contributed by atoms with E-state index in [1.807, 2.05) is 18.2 Å². The van der Waals surface area contributed by atoms with Crippen LogP contribution < -0.4 is 20.1 Å². The van der Waals surface area contributed by atoms with Crippen LogP contribution in [0, 0.1) is 11.8 Å². The monoisotopic (exact) mass is 370 g/mol. The van der Waals surface area contributed by atoms with Gasteiger partial charge in [-0.25, -0.2) is 0 Å². The average molecular weight is 370 g/mol. The van der Waals surface area contributed by atoms with Crippen molar-refractivity contribution in [1.29, 1.82) is 0 Å². The van der Waals surface area contributed by atoms with E-state index in [2.05, 4.69) is 17.6 Å². The van der Waals surface area contributed by atoms with Crippen LogP contribution in [0.2, 0.25) is 0 Å². The number of carbonyl (C=O) groups is 2. The minimum absolute atomic E-state index is 0.106. The Labute approximate surface area is 159 Å². The molecule has 3 aliphatic rings. The zero-order valence-electron chi connectivity index (χ0n) is 15.6. The van der Waals surface area contributed by atoms with Crippen molar-refractivity contribution in [2.24, 2.45) is 11.8 Å². The van der Waals surface area contributed by atoms with Crippen molar-refractivity contribution >= 4 is 17.9 Å². The number of hydrogen-bond donors (Lipinski definition) is 2. The maximum atomic E-state index is 12.3. The standard InChI is InChI=1S/C21H26N2O4/c1-2-14-10-21(25)23-17-11-15(5-6-16(14)17)22-20(24)8-4-13-3-7-18-19(9-13)27-12-26-18/h3-4,7-9,14-17H,2,5-6,10-12H2,1H3,(H,22,24)(H,23,25)/b8-4-. The first-order chi connectivity index (χ1) is 13.1. The topological polar surface area (TPSA) is 76.7 Å². The van der Waals surface area contributed by atoms with Crippen LogP contribution in [0.3, 0.4) is 0 Å². The van der Waals surface area contributed by atoms with E-state index in [0.717, 1.165) is 37.0 Å². The second-order valence-electron chi connectivity index (χ2n) is 7.67. The van der Waals surface area contributed by atoms with Gasteiger partial charge in [-0.15, -0.1) is 0 Å². The highest BCUT2D eigenvalue weighted by Crippen LogP contribution is 2.37. The van der Waals surface area contributed by atoms with Gasteiger partial charge in [0.15, 0.2) is 11.5 Å². The zero-order chi connectivity index (χ0) is 18.8. The molecular weight excluding hydrogens is 344 g/mol. The fraction of sp³-hybridized carbons (Fsp3) is 0.524. The molecule has 1 saturated heterocycles. The molecule has 6 nitrogen and oxygen atoms in total. The van der Waals surface area contributed by atoms with Crippen LogP contribution in [0.4, 0.5) is 0 Å². The molecule has 1 aromatic rings. The first-order valence-electron chi connectivity index (χ1n) is 9.80. The number of nitrogens with one attached hydrogen (secondary N) is 2. The van der Waals surface area contributed by atoms with Crippen LogP contribution in [0.15, 0.2) is 24.3 Å². The molecule has 6 heteroatoms. The van der Waals surface area contributed by atoms with E-state index >= 15 is 0 Å². The van der Waals surface area contributed by atoms with Gasteiger partial charge in [0, 0.05) is 24.6 Å². The Kier molecular flexibility index (Phi) is 5.05. The summed E-state index contributed by atoms with van der Waals surface area (Å²) in [6.45, 7) is 2.40. The van der Waals surface area contributed by atoms with Crippen molar-refractivity contribution in [3.05, 3.63) is 29.8 Å². The van der Waals surface area contributed by atoms with Crippen LogP contribution in [0.1, 0.15) is 44.6 Å². The predicted molar refractivity (Wildman–Crippen MR) is 101 cm³/mol. The number of benzene rings is 1. The van der Waals surface area contributed by atoms with Crippen molar-refractivity contribution in [3.63, 3.8) is 0 Å². The van der Waals surface area contributed by atoms with Gasteiger partial charge < -0.3 is 20.1 Å². The third kappa shape index (κ3) is 3.94. The molecule has 144 valence electrons. The second-order valence-corrected chi connectivity index (χ2v) is 7.67. The van der Waals surface area contributed by atoms with E-state index in [4.69, 9.17) is 9.47 Å². The smallest absolute Gasteiger partial charge is 0.244 e. The van der Waals surface area contributed by atoms with Crippen molar-refractivity contribution in [2.45, 2.75) is 51.1 Å². The lowest BCUT2D eigenvalue weighted by atomic mass is 9.70. The van der Waals surface area contributed by atoms with Gasteiger partial charge in [-0.2, -0.15) is 0 Å². The van der Waals surface area contributed by atoms with Crippen molar-refractivity contribution in [3.8, 4) is 11.5 Å². The van der Waals surface area contributed by atoms with Crippen molar-refractivity contribution in [2.75, 3.05) is 6.79 Å². The van der Waals surface area contributed by atoms with Gasteiger partial charge in [-0.3, -0.25) is 9.59 Å². The van der Waals surface area contributed by atoms with Crippen LogP contribution >= 0.6 is 0 Å². The number of rotatable bonds is 4. The summed E-state index contributed by atoms with van der Waals surface area (Å²) in [7, 11) is 0. The highest BCUT2D eigenvalue weighted by atomic mass is 16.7. The summed E-state index contributed by atoms with van der Waals surface area (Å²) in [6.07, 6.45) is 7.86. The summed E-state index contributed by atoms with van der Waals surface area (Å²) in [4.78, 5) is 24.2. The van der Waals surface area contributed by atoms with Crippen molar-refractivity contribution in [1.82, 2.24) is 10.6 Å². The highest BCUT2D eigenvalue weighted by Gasteiger charge is 2.39. The predicted octanol–water partition coefficient (Wildman–Crippen LogP) is 2.63. The minimum Gasteiger partial charge on any atom is -0.454 e. The second kappa shape index (κ2) is 7.62. The first-order valence-corrected chi connectivity index (χ1v) is 9.80. The number of carbonyl (C=O) groups excluding carboxylic acids is 2. The molecule has 4 rings (SSSR count). The Bertz CT molecular complexity index is 761. The summed E-state index contributed by atoms with van der Waals surface area (Å²) in [6, 6.07) is 5.89. The lowest BCUT2D eigenvalue weighted by molar-refractivity contribution is -0.127. The number of piperidine rings is 1. The molecule has 27 heavy (non-hydrogen) atoms. The number of amides is 2. The van der Waals surface area contributed by atoms with Crippen molar-refractivity contribution < 1.29 is 19.1 Å². The fourth-order valence-corrected chi connectivity index (χ4v) is 4.60. The van der Waals surface area contributed by atoms with Gasteiger partial charge in [-0.1, -0.05) is 19.4 Å². The summed E-state index contributed by atoms with van der Waals surface area (Å²) in [5, 5.41) is 6.22. The average Bonchev–Trinajstić information content (AvgIpc) is 3.13. The molecule has 1 saturated carbocycles. The summed E-state index contributed by atoms with van der Waals surface area (Å²) < 4.78 is 10.6. The zero-order valence-corrected chi connectivity index (χ0v) is 15.6. The van der Waals surface area contributed by atoms with Crippen LogP contribution in [-0.4, -0.2) is 30.7 Å². The highest BCUT2D eigenvalue weighted by molar-refractivity contribution is 5.92. The Hall–Kier alpha value is -2.50. The third-order valence-electron chi connectivity index (χ3n) is 6.00. The van der Waals surface area contributed by atoms with E-state index in [0.29, 0.717) is 24.0 Å². The largest absolute Gasteiger partial charge is 0.454 e. The van der Waals surface area contributed by atoms with E-state index in [1.165, 1.54) is 0 Å². The quantitative estimate of drug-likeness (QED) is 0.799. The summed E-state index contributed by atoms with van der Waals surface area (Å²) in [5.74, 6) is 2.50. The number of ether oxygens (including phenoxy) is 2. The molecule has 2 aliphatic heterocycles. The van der Waals surface area contributed by atoms with E-state index < -0.39 is 0 Å². The van der Waals surface area contributed by atoms with Gasteiger partial charge >= 0.3 is 0 Å². The maximum absolute atomic E-state index is 12.3. The molecule has 4 atom stereocenters. The Morgan fingerprint density at radius 3 is 3.00 bits per heavy atom. The Morgan fingerprint density at radius 2 is 2.15 bits per heavy atom. The Balaban J connectivity index is 1.33. The molecule has 1 aliphatic carbocycles. The molecule has 2 amide bonds. The fourth-order valence-electron chi connectivity index (χ4n) is 4.60. The molecule has 0 aromatic heterocycles. The van der Waals surface area contributed by atoms with Crippen LogP contribution in [0.25, 0.3) is 6.08 Å². The molecule has 0 spiro atoms. The van der Waals surface area contributed by atoms with Gasteiger partial charge in [0.1, 0.15) is 0 Å². The van der Waals surface area contributed by atoms with Gasteiger partial charge in [-0.05, 0) is 54.9 Å². The summed E-state index contributed by atoms with van der Waals surface area (Å²) in [5.41, 5.74) is 0.892. The molecule has 0 radical (unpaired) electrons. The molecule has 1 aromatic carbocycles. The lowest BCUT2D eigenvalue weighted by Gasteiger charge is -2.43. The number of hydrogen-bond acceptors (Lipinski definition) is 4. The van der Waals surface area contributed by atoms with E-state index in [9.17, 15) is 9.59 Å². The van der Waals surface area contributed by atoms with Gasteiger partial charge in [0.25, 0.3) is 0 Å². The van der Waals surface area contributed by atoms with E-state index in [1.54, 1.807) is 12.2 Å². The molecule has 0 bridgehead atoms. The summed E-state index contributed by atoms with van der Waals surface area (Å²) >= 11 is 0. The van der Waals surface area contributed by atoms with Gasteiger partial charge in [0.05, 0.1) is 0 Å². The minimum atomic E-state index is -0.106. The Morgan fingerprint density at radius 1 is 1.30 bits per heavy atom. The molecule has 4 unspecified atom stereocenters. The number of fused-ring (bicyclic) bond motifs is 2. The lowest BCUT2D eigenvalue weighted by Crippen LogP contribution is -2.55. The van der Waals surface area contributed by atoms with Crippen LogP contribution in [0.5, 0.6) is 11.5 Å². The molecular formula is C21H26N2O4. The van der Waals surface area contributed by atoms with Gasteiger partial charge in [0.2, 0.25) is 18.6 Å².